The lowest BCUT2D eigenvalue weighted by Crippen LogP contribution is -2.29. The molecule has 0 amide bonds. The van der Waals surface area contributed by atoms with Gasteiger partial charge in [0, 0.05) is 27.7 Å². The molecule has 0 aliphatic heterocycles. The van der Waals surface area contributed by atoms with Crippen molar-refractivity contribution in [1.82, 2.24) is 4.90 Å². The van der Waals surface area contributed by atoms with Crippen LogP contribution in [0.1, 0.15) is 23.6 Å². The molecular formula is C11H18BrNS. The zero-order chi connectivity index (χ0) is 10.6. The van der Waals surface area contributed by atoms with Crippen LogP contribution in [-0.2, 0) is 13.0 Å². The second kappa shape index (κ2) is 5.89. The van der Waals surface area contributed by atoms with Crippen LogP contribution in [0.2, 0.25) is 0 Å². The Morgan fingerprint density at radius 3 is 2.57 bits per heavy atom. The predicted molar refractivity (Wildman–Crippen MR) is 68.4 cm³/mol. The summed E-state index contributed by atoms with van der Waals surface area (Å²) < 4.78 is 0. The Bertz CT molecular complexity index is 272. The number of halogens is 1. The molecule has 1 heterocycles. The average molecular weight is 276 g/mol. The maximum absolute atomic E-state index is 3.51. The molecule has 0 saturated heterocycles. The van der Waals surface area contributed by atoms with Gasteiger partial charge in [-0.05, 0) is 32.5 Å². The van der Waals surface area contributed by atoms with E-state index in [9.17, 15) is 0 Å². The SMILES string of the molecule is CCc1ccc(CN(C)C(C)CBr)s1. The fourth-order valence-electron chi connectivity index (χ4n) is 1.22. The van der Waals surface area contributed by atoms with Gasteiger partial charge in [0.1, 0.15) is 0 Å². The van der Waals surface area contributed by atoms with Crippen molar-refractivity contribution in [2.45, 2.75) is 32.9 Å². The van der Waals surface area contributed by atoms with Crippen LogP contribution in [0.3, 0.4) is 0 Å². The van der Waals surface area contributed by atoms with E-state index in [1.165, 1.54) is 9.75 Å². The van der Waals surface area contributed by atoms with E-state index in [1.54, 1.807) is 0 Å². The summed E-state index contributed by atoms with van der Waals surface area (Å²) in [5, 5.41) is 1.04. The van der Waals surface area contributed by atoms with Gasteiger partial charge in [-0.3, -0.25) is 4.90 Å². The molecule has 3 heteroatoms. The molecule has 0 bridgehead atoms. The third-order valence-corrected chi connectivity index (χ3v) is 4.60. The van der Waals surface area contributed by atoms with E-state index in [0.29, 0.717) is 6.04 Å². The van der Waals surface area contributed by atoms with Crippen molar-refractivity contribution >= 4 is 27.3 Å². The van der Waals surface area contributed by atoms with Crippen LogP contribution in [-0.4, -0.2) is 23.3 Å². The minimum absolute atomic E-state index is 0.599. The van der Waals surface area contributed by atoms with Gasteiger partial charge >= 0.3 is 0 Å². The molecule has 0 aliphatic rings. The summed E-state index contributed by atoms with van der Waals surface area (Å²) in [6.07, 6.45) is 1.16. The average Bonchev–Trinajstić information content (AvgIpc) is 2.64. The summed E-state index contributed by atoms with van der Waals surface area (Å²) in [5.41, 5.74) is 0. The van der Waals surface area contributed by atoms with Crippen LogP contribution in [0.5, 0.6) is 0 Å². The monoisotopic (exact) mass is 275 g/mol. The van der Waals surface area contributed by atoms with Gasteiger partial charge in [-0.2, -0.15) is 0 Å². The number of hydrogen-bond donors (Lipinski definition) is 0. The molecule has 14 heavy (non-hydrogen) atoms. The highest BCUT2D eigenvalue weighted by Crippen LogP contribution is 2.19. The first-order chi connectivity index (χ1) is 6.67. The van der Waals surface area contributed by atoms with E-state index in [2.05, 4.69) is 53.9 Å². The molecule has 1 unspecified atom stereocenters. The Kier molecular flexibility index (Phi) is 5.13. The Labute approximate surface area is 99.3 Å². The summed E-state index contributed by atoms with van der Waals surface area (Å²) in [6.45, 7) is 5.51. The van der Waals surface area contributed by atoms with Crippen LogP contribution in [0.25, 0.3) is 0 Å². The topological polar surface area (TPSA) is 3.24 Å². The summed E-state index contributed by atoms with van der Waals surface area (Å²) in [5.74, 6) is 0. The molecule has 0 spiro atoms. The van der Waals surface area contributed by atoms with Crippen LogP contribution in [0, 0.1) is 0 Å². The van der Waals surface area contributed by atoms with E-state index < -0.39 is 0 Å². The summed E-state index contributed by atoms with van der Waals surface area (Å²) in [7, 11) is 2.18. The highest BCUT2D eigenvalue weighted by molar-refractivity contribution is 9.09. The van der Waals surface area contributed by atoms with E-state index in [-0.39, 0.29) is 0 Å². The van der Waals surface area contributed by atoms with Crippen molar-refractivity contribution < 1.29 is 0 Å². The second-order valence-corrected chi connectivity index (χ2v) is 5.54. The number of thiophene rings is 1. The third kappa shape index (κ3) is 3.37. The van der Waals surface area contributed by atoms with Gasteiger partial charge in [0.2, 0.25) is 0 Å². The molecule has 1 atom stereocenters. The molecule has 1 aromatic rings. The van der Waals surface area contributed by atoms with Crippen molar-refractivity contribution in [1.29, 1.82) is 0 Å². The highest BCUT2D eigenvalue weighted by atomic mass is 79.9. The first kappa shape index (κ1) is 12.2. The smallest absolute Gasteiger partial charge is 0.0328 e. The van der Waals surface area contributed by atoms with Crippen LogP contribution >= 0.6 is 27.3 Å². The Balaban J connectivity index is 2.51. The molecule has 0 aliphatic carbocycles. The van der Waals surface area contributed by atoms with Gasteiger partial charge in [0.25, 0.3) is 0 Å². The Hall–Kier alpha value is 0.140. The van der Waals surface area contributed by atoms with E-state index in [0.717, 1.165) is 18.3 Å². The molecule has 0 fully saturated rings. The lowest BCUT2D eigenvalue weighted by atomic mass is 10.3. The minimum Gasteiger partial charge on any atom is -0.298 e. The van der Waals surface area contributed by atoms with E-state index in [4.69, 9.17) is 0 Å². The summed E-state index contributed by atoms with van der Waals surface area (Å²) in [6, 6.07) is 5.09. The molecular weight excluding hydrogens is 258 g/mol. The van der Waals surface area contributed by atoms with Crippen LogP contribution in [0.15, 0.2) is 12.1 Å². The van der Waals surface area contributed by atoms with Crippen LogP contribution < -0.4 is 0 Å². The lowest BCUT2D eigenvalue weighted by molar-refractivity contribution is 0.273. The van der Waals surface area contributed by atoms with Crippen LogP contribution in [0.4, 0.5) is 0 Å². The Morgan fingerprint density at radius 1 is 1.43 bits per heavy atom. The largest absolute Gasteiger partial charge is 0.298 e. The predicted octanol–water partition coefficient (Wildman–Crippen LogP) is 3.53. The van der Waals surface area contributed by atoms with Gasteiger partial charge < -0.3 is 0 Å². The normalized spacial score (nSPS) is 13.5. The fraction of sp³-hybridized carbons (Fsp3) is 0.636. The van der Waals surface area contributed by atoms with Gasteiger partial charge in [-0.15, -0.1) is 11.3 Å². The van der Waals surface area contributed by atoms with Gasteiger partial charge in [-0.25, -0.2) is 0 Å². The van der Waals surface area contributed by atoms with Gasteiger partial charge in [0.05, 0.1) is 0 Å². The minimum atomic E-state index is 0.599. The van der Waals surface area contributed by atoms with Crippen molar-refractivity contribution in [2.24, 2.45) is 0 Å². The van der Waals surface area contributed by atoms with Gasteiger partial charge in [-0.1, -0.05) is 22.9 Å². The van der Waals surface area contributed by atoms with Crippen molar-refractivity contribution in [3.63, 3.8) is 0 Å². The molecule has 0 N–H and O–H groups in total. The molecule has 0 aromatic carbocycles. The third-order valence-electron chi connectivity index (χ3n) is 2.45. The van der Waals surface area contributed by atoms with Gasteiger partial charge in [0.15, 0.2) is 0 Å². The number of nitrogens with zero attached hydrogens (tertiary/aromatic N) is 1. The zero-order valence-corrected chi connectivity index (χ0v) is 11.5. The number of alkyl halides is 1. The number of aryl methyl sites for hydroxylation is 1. The summed E-state index contributed by atoms with van der Waals surface area (Å²) >= 11 is 5.44. The van der Waals surface area contributed by atoms with Crippen molar-refractivity contribution in [3.05, 3.63) is 21.9 Å². The first-order valence-electron chi connectivity index (χ1n) is 5.01. The number of hydrogen-bond acceptors (Lipinski definition) is 2. The molecule has 0 radical (unpaired) electrons. The first-order valence-corrected chi connectivity index (χ1v) is 6.95. The van der Waals surface area contributed by atoms with Crippen molar-refractivity contribution in [3.8, 4) is 0 Å². The second-order valence-electron chi connectivity index (χ2n) is 3.64. The van der Waals surface area contributed by atoms with E-state index in [1.807, 2.05) is 11.3 Å². The number of rotatable bonds is 5. The molecule has 80 valence electrons. The maximum atomic E-state index is 3.51. The molecule has 1 nitrogen and oxygen atoms in total. The van der Waals surface area contributed by atoms with E-state index >= 15 is 0 Å². The maximum Gasteiger partial charge on any atom is 0.0328 e. The zero-order valence-electron chi connectivity index (χ0n) is 9.09. The summed E-state index contributed by atoms with van der Waals surface area (Å²) in [4.78, 5) is 5.33. The molecule has 1 aromatic heterocycles. The molecule has 1 rings (SSSR count). The lowest BCUT2D eigenvalue weighted by Gasteiger charge is -2.21. The quantitative estimate of drug-likeness (QED) is 0.744. The standard InChI is InChI=1S/C11H18BrNS/c1-4-10-5-6-11(14-10)8-13(3)9(2)7-12/h5-6,9H,4,7-8H2,1-3H3. The fourth-order valence-corrected chi connectivity index (χ4v) is 2.73. The van der Waals surface area contributed by atoms with Crippen molar-refractivity contribution in [2.75, 3.05) is 12.4 Å². The highest BCUT2D eigenvalue weighted by Gasteiger charge is 2.08. The molecule has 0 saturated carbocycles. The Morgan fingerprint density at radius 2 is 2.07 bits per heavy atom.